The van der Waals surface area contributed by atoms with Gasteiger partial charge in [0.1, 0.15) is 0 Å². The fourth-order valence-electron chi connectivity index (χ4n) is 2.80. The summed E-state index contributed by atoms with van der Waals surface area (Å²) in [4.78, 5) is 0. The summed E-state index contributed by atoms with van der Waals surface area (Å²) >= 11 is 0. The maximum absolute atomic E-state index is 12.8. The third-order valence-corrected chi connectivity index (χ3v) is 6.26. The van der Waals surface area contributed by atoms with Crippen molar-refractivity contribution in [3.8, 4) is 0 Å². The summed E-state index contributed by atoms with van der Waals surface area (Å²) < 4.78 is 27.1. The molecule has 5 heteroatoms. The Morgan fingerprint density at radius 3 is 2.35 bits per heavy atom. The molecule has 0 spiro atoms. The van der Waals surface area contributed by atoms with Crippen LogP contribution in [0.3, 0.4) is 0 Å². The highest BCUT2D eigenvalue weighted by molar-refractivity contribution is 7.89. The minimum Gasteiger partial charge on any atom is -0.329 e. The molecule has 0 aliphatic heterocycles. The highest BCUT2D eigenvalue weighted by atomic mass is 32.2. The molecule has 1 aliphatic rings. The Kier molecular flexibility index (Phi) is 5.57. The lowest BCUT2D eigenvalue weighted by Crippen LogP contribution is -2.41. The Labute approximate surface area is 122 Å². The first-order valence-electron chi connectivity index (χ1n) is 7.37. The van der Waals surface area contributed by atoms with E-state index >= 15 is 0 Å². The molecule has 2 N–H and O–H groups in total. The largest absolute Gasteiger partial charge is 0.329 e. The Morgan fingerprint density at radius 1 is 1.10 bits per heavy atom. The van der Waals surface area contributed by atoms with Crippen LogP contribution in [-0.2, 0) is 16.6 Å². The van der Waals surface area contributed by atoms with Crippen LogP contribution in [0.15, 0.2) is 30.3 Å². The molecule has 20 heavy (non-hydrogen) atoms. The standard InChI is InChI=1S/C15H24N2O2S/c16-11-12-17(13-14-7-3-1-4-8-14)20(18,19)15-9-5-2-6-10-15/h1,3-4,7-8,15H,2,5-6,9-13,16H2. The second kappa shape index (κ2) is 7.20. The monoisotopic (exact) mass is 296 g/mol. The van der Waals surface area contributed by atoms with Crippen LogP contribution in [0.2, 0.25) is 0 Å². The molecule has 0 bridgehead atoms. The van der Waals surface area contributed by atoms with Crippen molar-refractivity contribution in [3.63, 3.8) is 0 Å². The van der Waals surface area contributed by atoms with E-state index in [2.05, 4.69) is 0 Å². The SMILES string of the molecule is NCCN(Cc1ccccc1)S(=O)(=O)C1CCCCC1. The number of sulfonamides is 1. The maximum atomic E-state index is 12.8. The zero-order valence-electron chi connectivity index (χ0n) is 11.9. The van der Waals surface area contributed by atoms with Gasteiger partial charge in [-0.15, -0.1) is 0 Å². The van der Waals surface area contributed by atoms with Gasteiger partial charge in [-0.1, -0.05) is 49.6 Å². The number of nitrogens with two attached hydrogens (primary N) is 1. The molecule has 1 aliphatic carbocycles. The number of hydrogen-bond donors (Lipinski definition) is 1. The van der Waals surface area contributed by atoms with E-state index in [1.54, 1.807) is 4.31 Å². The number of benzene rings is 1. The summed E-state index contributed by atoms with van der Waals surface area (Å²) in [5.41, 5.74) is 6.62. The minimum atomic E-state index is -3.23. The lowest BCUT2D eigenvalue weighted by atomic mass is 10.0. The first-order valence-corrected chi connectivity index (χ1v) is 8.88. The zero-order valence-corrected chi connectivity index (χ0v) is 12.7. The molecule has 0 amide bonds. The molecular formula is C15H24N2O2S. The van der Waals surface area contributed by atoms with Crippen LogP contribution in [-0.4, -0.2) is 31.1 Å². The predicted octanol–water partition coefficient (Wildman–Crippen LogP) is 2.11. The van der Waals surface area contributed by atoms with Crippen molar-refractivity contribution < 1.29 is 8.42 Å². The number of rotatable bonds is 6. The van der Waals surface area contributed by atoms with E-state index in [1.807, 2.05) is 30.3 Å². The molecule has 0 heterocycles. The molecule has 0 saturated heterocycles. The minimum absolute atomic E-state index is 0.216. The highest BCUT2D eigenvalue weighted by Crippen LogP contribution is 2.26. The van der Waals surface area contributed by atoms with E-state index in [-0.39, 0.29) is 5.25 Å². The van der Waals surface area contributed by atoms with Gasteiger partial charge in [0.25, 0.3) is 0 Å². The summed E-state index contributed by atoms with van der Waals surface area (Å²) in [5, 5.41) is -0.216. The summed E-state index contributed by atoms with van der Waals surface area (Å²) in [6.45, 7) is 1.18. The number of hydrogen-bond acceptors (Lipinski definition) is 3. The molecule has 0 radical (unpaired) electrons. The lowest BCUT2D eigenvalue weighted by Gasteiger charge is -2.29. The molecule has 1 fully saturated rings. The van der Waals surface area contributed by atoms with Crippen LogP contribution in [0, 0.1) is 0 Å². The van der Waals surface area contributed by atoms with Crippen LogP contribution in [0.25, 0.3) is 0 Å². The van der Waals surface area contributed by atoms with Gasteiger partial charge in [-0.05, 0) is 18.4 Å². The van der Waals surface area contributed by atoms with Gasteiger partial charge < -0.3 is 5.73 Å². The average molecular weight is 296 g/mol. The summed E-state index contributed by atoms with van der Waals surface area (Å²) in [6, 6.07) is 9.72. The molecular weight excluding hydrogens is 272 g/mol. The van der Waals surface area contributed by atoms with Gasteiger partial charge >= 0.3 is 0 Å². The normalized spacial score (nSPS) is 17.5. The maximum Gasteiger partial charge on any atom is 0.217 e. The third kappa shape index (κ3) is 3.81. The van der Waals surface area contributed by atoms with Gasteiger partial charge in [-0.2, -0.15) is 4.31 Å². The zero-order chi connectivity index (χ0) is 14.4. The molecule has 1 aromatic carbocycles. The van der Waals surface area contributed by atoms with Crippen LogP contribution < -0.4 is 5.73 Å². The van der Waals surface area contributed by atoms with Crippen molar-refractivity contribution in [1.82, 2.24) is 4.31 Å². The van der Waals surface area contributed by atoms with Crippen molar-refractivity contribution in [1.29, 1.82) is 0 Å². The summed E-state index contributed by atoms with van der Waals surface area (Å²) in [6.07, 6.45) is 4.77. The molecule has 1 aromatic rings. The topological polar surface area (TPSA) is 63.4 Å². The third-order valence-electron chi connectivity index (χ3n) is 3.91. The molecule has 0 atom stereocenters. The van der Waals surface area contributed by atoms with E-state index in [0.717, 1.165) is 37.7 Å². The Bertz CT molecular complexity index is 496. The lowest BCUT2D eigenvalue weighted by molar-refractivity contribution is 0.388. The molecule has 0 unspecified atom stereocenters. The number of nitrogens with zero attached hydrogens (tertiary/aromatic N) is 1. The van der Waals surface area contributed by atoms with Gasteiger partial charge in [0.15, 0.2) is 0 Å². The second-order valence-electron chi connectivity index (χ2n) is 5.41. The van der Waals surface area contributed by atoms with Crippen molar-refractivity contribution in [2.75, 3.05) is 13.1 Å². The van der Waals surface area contributed by atoms with E-state index in [0.29, 0.717) is 19.6 Å². The fourth-order valence-corrected chi connectivity index (χ4v) is 4.84. The first-order chi connectivity index (χ1) is 9.64. The quantitative estimate of drug-likeness (QED) is 0.874. The second-order valence-corrected chi connectivity index (χ2v) is 7.63. The summed E-state index contributed by atoms with van der Waals surface area (Å²) in [5.74, 6) is 0. The van der Waals surface area contributed by atoms with Gasteiger partial charge in [-0.25, -0.2) is 8.42 Å². The van der Waals surface area contributed by atoms with Gasteiger partial charge in [0, 0.05) is 19.6 Å². The highest BCUT2D eigenvalue weighted by Gasteiger charge is 2.32. The van der Waals surface area contributed by atoms with Crippen molar-refractivity contribution in [2.24, 2.45) is 5.73 Å². The van der Waals surface area contributed by atoms with Crippen molar-refractivity contribution in [3.05, 3.63) is 35.9 Å². The Morgan fingerprint density at radius 2 is 1.75 bits per heavy atom. The molecule has 1 saturated carbocycles. The summed E-state index contributed by atoms with van der Waals surface area (Å²) in [7, 11) is -3.23. The molecule has 112 valence electrons. The fraction of sp³-hybridized carbons (Fsp3) is 0.600. The Balaban J connectivity index is 2.14. The van der Waals surface area contributed by atoms with Crippen LogP contribution in [0.1, 0.15) is 37.7 Å². The van der Waals surface area contributed by atoms with Crippen LogP contribution in [0.5, 0.6) is 0 Å². The van der Waals surface area contributed by atoms with Gasteiger partial charge in [0.2, 0.25) is 10.0 Å². The van der Waals surface area contributed by atoms with Crippen LogP contribution >= 0.6 is 0 Å². The van der Waals surface area contributed by atoms with Crippen molar-refractivity contribution in [2.45, 2.75) is 43.9 Å². The first kappa shape index (κ1) is 15.5. The molecule has 0 aromatic heterocycles. The average Bonchev–Trinajstić information content (AvgIpc) is 2.49. The molecule has 4 nitrogen and oxygen atoms in total. The van der Waals surface area contributed by atoms with Crippen molar-refractivity contribution >= 4 is 10.0 Å². The smallest absolute Gasteiger partial charge is 0.217 e. The van der Waals surface area contributed by atoms with Gasteiger partial charge in [0.05, 0.1) is 5.25 Å². The van der Waals surface area contributed by atoms with E-state index in [4.69, 9.17) is 5.73 Å². The predicted molar refractivity (Wildman–Crippen MR) is 81.7 cm³/mol. The van der Waals surface area contributed by atoms with Gasteiger partial charge in [-0.3, -0.25) is 0 Å². The van der Waals surface area contributed by atoms with E-state index in [1.165, 1.54) is 0 Å². The van der Waals surface area contributed by atoms with E-state index in [9.17, 15) is 8.42 Å². The van der Waals surface area contributed by atoms with Crippen LogP contribution in [0.4, 0.5) is 0 Å². The van der Waals surface area contributed by atoms with E-state index < -0.39 is 10.0 Å². The Hall–Kier alpha value is -0.910. The molecule has 2 rings (SSSR count).